The van der Waals surface area contributed by atoms with Crippen molar-refractivity contribution >= 4 is 63.8 Å². The Morgan fingerprint density at radius 3 is 2.37 bits per heavy atom. The van der Waals surface area contributed by atoms with Crippen LogP contribution in [-0.2, 0) is 40.0 Å². The smallest absolute Gasteiger partial charge is 0.414 e. The van der Waals surface area contributed by atoms with Gasteiger partial charge < -0.3 is 36.6 Å². The molecule has 0 unspecified atom stereocenters. The van der Waals surface area contributed by atoms with Crippen LogP contribution >= 0.6 is 23.1 Å². The number of ether oxygens (including phenoxy) is 1. The first-order valence-corrected chi connectivity index (χ1v) is 15.0. The topological polar surface area (TPSA) is 246 Å². The monoisotopic (exact) mass is 644 g/mol. The van der Waals surface area contributed by atoms with Crippen LogP contribution in [0.25, 0.3) is 0 Å². The summed E-state index contributed by atoms with van der Waals surface area (Å²) in [5, 5.41) is 24.9. The number of carboxylic acid groups (broad SMARTS) is 2. The second-order valence-corrected chi connectivity index (χ2v) is 12.3. The van der Waals surface area contributed by atoms with Crippen molar-refractivity contribution in [3.05, 3.63) is 28.2 Å². The molecule has 0 spiro atoms. The maximum Gasteiger partial charge on any atom is 0.414 e. The number of aromatic nitrogens is 1. The van der Waals surface area contributed by atoms with E-state index in [-0.39, 0.29) is 41.6 Å². The molecule has 2 bridgehead atoms. The summed E-state index contributed by atoms with van der Waals surface area (Å²) < 4.78 is 5.64. The number of quaternary nitrogens is 1. The summed E-state index contributed by atoms with van der Waals surface area (Å²) in [7, 11) is 0. The summed E-state index contributed by atoms with van der Waals surface area (Å²) in [6.45, 7) is 8.40. The van der Waals surface area contributed by atoms with E-state index in [0.717, 1.165) is 0 Å². The third-order valence-electron chi connectivity index (χ3n) is 5.54. The van der Waals surface area contributed by atoms with E-state index in [9.17, 15) is 24.0 Å². The predicted molar refractivity (Wildman–Crippen MR) is 156 cm³/mol. The van der Waals surface area contributed by atoms with Gasteiger partial charge in [-0.2, -0.15) is 0 Å². The van der Waals surface area contributed by atoms with Crippen LogP contribution in [0.4, 0.5) is 0 Å². The maximum absolute atomic E-state index is 13.1. The van der Waals surface area contributed by atoms with Crippen LogP contribution in [0.15, 0.2) is 17.5 Å². The number of allylic oxidation sites excluding steroid dienone is 1. The molecule has 1 aliphatic rings. The number of hydrogen-bond acceptors (Lipinski definition) is 11. The molecule has 3 atom stereocenters. The molecule has 238 valence electrons. The molecule has 2 heterocycles. The van der Waals surface area contributed by atoms with Gasteiger partial charge in [-0.15, -0.1) is 11.3 Å². The summed E-state index contributed by atoms with van der Waals surface area (Å²) in [4.78, 5) is 85.5. The third kappa shape index (κ3) is 13.3. The molecular formula is C26H38N5O10S2+. The average molecular weight is 645 g/mol. The highest BCUT2D eigenvalue weighted by Crippen LogP contribution is 2.15. The molecule has 1 aromatic rings. The Labute approximate surface area is 256 Å². The second-order valence-electron chi connectivity index (χ2n) is 10.3. The van der Waals surface area contributed by atoms with E-state index < -0.39 is 47.4 Å². The van der Waals surface area contributed by atoms with Crippen LogP contribution in [0, 0.1) is 5.92 Å². The van der Waals surface area contributed by atoms with E-state index in [0.29, 0.717) is 17.2 Å². The maximum atomic E-state index is 13.1. The number of aliphatic carboxylic acids is 2. The Bertz CT molecular complexity index is 1220. The normalized spacial score (nSPS) is 20.2. The van der Waals surface area contributed by atoms with Gasteiger partial charge in [0, 0.05) is 11.1 Å². The third-order valence-corrected chi connectivity index (χ3v) is 7.52. The number of thioether (sulfide) groups is 1. The van der Waals surface area contributed by atoms with Crippen molar-refractivity contribution < 1.29 is 54.2 Å². The number of thiazole rings is 1. The highest BCUT2D eigenvalue weighted by molar-refractivity contribution is 8.13. The van der Waals surface area contributed by atoms with E-state index in [4.69, 9.17) is 24.5 Å². The first-order chi connectivity index (χ1) is 19.9. The quantitative estimate of drug-likeness (QED) is 0.101. The van der Waals surface area contributed by atoms with Crippen molar-refractivity contribution in [2.24, 2.45) is 5.92 Å². The van der Waals surface area contributed by atoms with Gasteiger partial charge in [-0.3, -0.25) is 19.2 Å². The number of carbonyl (C=O) groups excluding carboxylic acids is 5. The Hall–Kier alpha value is -3.83. The van der Waals surface area contributed by atoms with Crippen molar-refractivity contribution in [2.45, 2.75) is 77.7 Å². The van der Waals surface area contributed by atoms with Crippen molar-refractivity contribution in [1.29, 1.82) is 0 Å². The van der Waals surface area contributed by atoms with Gasteiger partial charge in [0.2, 0.25) is 16.9 Å². The lowest BCUT2D eigenvalue weighted by Gasteiger charge is -2.29. The molecule has 17 heteroatoms. The zero-order valence-electron chi connectivity index (χ0n) is 24.5. The van der Waals surface area contributed by atoms with E-state index in [1.54, 1.807) is 38.3 Å². The zero-order chi connectivity index (χ0) is 32.9. The summed E-state index contributed by atoms with van der Waals surface area (Å²) >= 11 is 2.38. The van der Waals surface area contributed by atoms with Crippen molar-refractivity contribution in [3.63, 3.8) is 0 Å². The van der Waals surface area contributed by atoms with Crippen LogP contribution < -0.4 is 21.7 Å². The number of hydrogen-bond donors (Lipinski definition) is 6. The lowest BCUT2D eigenvalue weighted by Crippen LogP contribution is -2.62. The van der Waals surface area contributed by atoms with Crippen LogP contribution in [-0.4, -0.2) is 85.4 Å². The molecule has 0 saturated heterocycles. The molecule has 1 aliphatic heterocycles. The van der Waals surface area contributed by atoms with E-state index >= 15 is 0 Å². The van der Waals surface area contributed by atoms with Gasteiger partial charge in [-0.25, -0.2) is 19.4 Å². The van der Waals surface area contributed by atoms with Gasteiger partial charge in [0.1, 0.15) is 28.4 Å². The zero-order valence-corrected chi connectivity index (χ0v) is 26.1. The molecule has 0 aromatic carbocycles. The molecule has 0 aliphatic carbocycles. The predicted octanol–water partition coefficient (Wildman–Crippen LogP) is -0.284. The summed E-state index contributed by atoms with van der Waals surface area (Å²) in [5.41, 5.74) is 2.50. The highest BCUT2D eigenvalue weighted by Gasteiger charge is 2.36. The number of fused-ring (bicyclic) bond motifs is 2. The minimum Gasteiger partial charge on any atom is -0.473 e. The van der Waals surface area contributed by atoms with Crippen molar-refractivity contribution in [1.82, 2.24) is 20.9 Å². The fourth-order valence-corrected chi connectivity index (χ4v) is 4.59. The van der Waals surface area contributed by atoms with Gasteiger partial charge in [0.05, 0.1) is 13.0 Å². The molecule has 0 radical (unpaired) electrons. The number of cyclic esters (lactones) is 1. The molecule has 3 amide bonds. The first kappa shape index (κ1) is 37.2. The van der Waals surface area contributed by atoms with E-state index in [2.05, 4.69) is 26.7 Å². The average Bonchev–Trinajstić information content (AvgIpc) is 3.38. The van der Waals surface area contributed by atoms with Crippen molar-refractivity contribution in [2.75, 3.05) is 5.75 Å². The van der Waals surface area contributed by atoms with Gasteiger partial charge in [0.15, 0.2) is 6.04 Å². The summed E-state index contributed by atoms with van der Waals surface area (Å²) in [6.07, 6.45) is 2.87. The van der Waals surface area contributed by atoms with Gasteiger partial charge >= 0.3 is 17.9 Å². The number of amides is 3. The van der Waals surface area contributed by atoms with Gasteiger partial charge in [0.25, 0.3) is 5.91 Å². The molecule has 1 aromatic heterocycles. The Morgan fingerprint density at radius 2 is 1.81 bits per heavy atom. The second kappa shape index (κ2) is 17.3. The molecule has 15 nitrogen and oxygen atoms in total. The van der Waals surface area contributed by atoms with Gasteiger partial charge in [-0.1, -0.05) is 31.7 Å². The molecular weight excluding hydrogens is 606 g/mol. The molecule has 0 saturated carbocycles. The van der Waals surface area contributed by atoms with E-state index in [1.807, 2.05) is 0 Å². The molecule has 8 N–H and O–H groups in total. The van der Waals surface area contributed by atoms with Crippen LogP contribution in [0.5, 0.6) is 0 Å². The van der Waals surface area contributed by atoms with E-state index in [1.165, 1.54) is 36.9 Å². The fraction of sp³-hybridized carbons (Fsp3) is 0.538. The lowest BCUT2D eigenvalue weighted by molar-refractivity contribution is -0.395. The van der Waals surface area contributed by atoms with Crippen LogP contribution in [0.3, 0.4) is 0 Å². The van der Waals surface area contributed by atoms with Gasteiger partial charge in [-0.05, 0) is 39.2 Å². The largest absolute Gasteiger partial charge is 0.473 e. The Morgan fingerprint density at radius 1 is 1.19 bits per heavy atom. The first-order valence-electron chi connectivity index (χ1n) is 13.1. The summed E-state index contributed by atoms with van der Waals surface area (Å²) in [6, 6.07) is -1.31. The van der Waals surface area contributed by atoms with Crippen LogP contribution in [0.1, 0.15) is 63.0 Å². The van der Waals surface area contributed by atoms with Crippen LogP contribution in [0.2, 0.25) is 0 Å². The number of rotatable bonds is 6. The lowest BCUT2D eigenvalue weighted by atomic mass is 9.99. The number of nitrogens with one attached hydrogen (secondary N) is 3. The summed E-state index contributed by atoms with van der Waals surface area (Å²) in [5.74, 6) is -5.63. The highest BCUT2D eigenvalue weighted by atomic mass is 32.2. The fourth-order valence-electron chi connectivity index (χ4n) is 3.14. The molecule has 2 rings (SSSR count). The number of esters is 1. The Balaban J connectivity index is 0.00000139. The molecule has 43 heavy (non-hydrogen) atoms. The standard InChI is InChI=1S/C24H35N5O6S2.C2H2O4/c1-13(2)19-21(32)35-15(8-6-7-9-36-22(33)14(3)25)10-17(30)26-11-18-27-16(12-37-18)20(31)29-24(4,5)23(34)28-19;3-1(4)2(5)6/h6,8,12-15,19H,7,9-11,25H2,1-5H3,(H,26,30)(H,28,34)(H,29,31);(H,3,4)(H,5,6)/p+1/b8-6+;/t14-,15-,19+;/m1./s1. The van der Waals surface area contributed by atoms with Crippen molar-refractivity contribution in [3.8, 4) is 0 Å². The number of nitrogens with zero attached hydrogens (tertiary/aromatic N) is 1. The number of carbonyl (C=O) groups is 7. The minimum atomic E-state index is -1.82. The Kier molecular flexibility index (Phi) is 15.0. The minimum absolute atomic E-state index is 0.0103. The number of carboxylic acids is 2. The molecule has 0 fully saturated rings. The SMILES string of the molecule is CC(C)[C@@H]1NC(=O)C(C)(C)NC(=O)c2csc(n2)CNC(=O)C[C@@H](/C=C/CCSC(=O)[C@@H](C)[NH3+])OC1=O.O=C(O)C(=O)O.